The highest BCUT2D eigenvalue weighted by atomic mass is 32.1. The van der Waals surface area contributed by atoms with E-state index in [4.69, 9.17) is 4.42 Å². The molecule has 9 nitrogen and oxygen atoms in total. The molecule has 3 heterocycles. The Morgan fingerprint density at radius 2 is 2.12 bits per heavy atom. The molecule has 0 aromatic carbocycles. The molecule has 3 aromatic heterocycles. The molecule has 0 bridgehead atoms. The predicted octanol–water partition coefficient (Wildman–Crippen LogP) is 3.56. The van der Waals surface area contributed by atoms with E-state index in [0.29, 0.717) is 24.6 Å². The minimum atomic E-state index is -0.541. The topological polar surface area (TPSA) is 106 Å². The number of carbonyl (C=O) groups is 2. The zero-order valence-electron chi connectivity index (χ0n) is 19.1. The van der Waals surface area contributed by atoms with Crippen molar-refractivity contribution in [3.05, 3.63) is 40.3 Å². The van der Waals surface area contributed by atoms with Crippen LogP contribution in [0.1, 0.15) is 56.1 Å². The van der Waals surface area contributed by atoms with Crippen LogP contribution in [-0.4, -0.2) is 49.0 Å². The Labute approximate surface area is 197 Å². The monoisotopic (exact) mass is 470 g/mol. The van der Waals surface area contributed by atoms with Gasteiger partial charge >= 0.3 is 0 Å². The zero-order valence-corrected chi connectivity index (χ0v) is 19.9. The van der Waals surface area contributed by atoms with Gasteiger partial charge in [-0.05, 0) is 55.0 Å². The number of carbonyl (C=O) groups excluding carboxylic acids is 2. The molecule has 2 amide bonds. The number of nitrogens with zero attached hydrogens (tertiary/aromatic N) is 5. The Balaban J connectivity index is 1.52. The van der Waals surface area contributed by atoms with Gasteiger partial charge in [-0.1, -0.05) is 32.3 Å². The van der Waals surface area contributed by atoms with Crippen molar-refractivity contribution in [2.24, 2.45) is 0 Å². The number of rotatable bonds is 10. The van der Waals surface area contributed by atoms with Gasteiger partial charge in [-0.3, -0.25) is 9.59 Å². The third-order valence-electron chi connectivity index (χ3n) is 5.86. The Kier molecular flexibility index (Phi) is 7.54. The highest BCUT2D eigenvalue weighted by Gasteiger charge is 2.32. The average Bonchev–Trinajstić information content (AvgIpc) is 3.58. The van der Waals surface area contributed by atoms with Crippen LogP contribution in [0, 0.1) is 6.92 Å². The van der Waals surface area contributed by atoms with Crippen LogP contribution in [0.4, 0.5) is 0 Å². The maximum atomic E-state index is 13.4. The minimum Gasteiger partial charge on any atom is -0.458 e. The summed E-state index contributed by atoms with van der Waals surface area (Å²) >= 11 is 1.57. The smallest absolute Gasteiger partial charge is 0.247 e. The Morgan fingerprint density at radius 1 is 1.30 bits per heavy atom. The van der Waals surface area contributed by atoms with E-state index >= 15 is 0 Å². The summed E-state index contributed by atoms with van der Waals surface area (Å²) in [7, 11) is 0. The summed E-state index contributed by atoms with van der Waals surface area (Å²) in [5, 5.41) is 17.5. The van der Waals surface area contributed by atoms with E-state index in [1.54, 1.807) is 22.3 Å². The summed E-state index contributed by atoms with van der Waals surface area (Å²) in [6.45, 7) is 4.14. The molecule has 1 N–H and O–H groups in total. The number of hydrogen-bond donors (Lipinski definition) is 1. The van der Waals surface area contributed by atoms with Crippen LogP contribution < -0.4 is 5.32 Å². The van der Waals surface area contributed by atoms with Gasteiger partial charge in [-0.15, -0.1) is 21.5 Å². The van der Waals surface area contributed by atoms with Crippen molar-refractivity contribution in [1.82, 2.24) is 30.4 Å². The maximum Gasteiger partial charge on any atom is 0.247 e. The highest BCUT2D eigenvalue weighted by molar-refractivity contribution is 7.09. The van der Waals surface area contributed by atoms with Crippen molar-refractivity contribution in [1.29, 1.82) is 0 Å². The molecule has 0 spiro atoms. The molecular weight excluding hydrogens is 440 g/mol. The second-order valence-electron chi connectivity index (χ2n) is 8.45. The predicted molar refractivity (Wildman–Crippen MR) is 124 cm³/mol. The minimum absolute atomic E-state index is 0.0769. The second-order valence-corrected chi connectivity index (χ2v) is 9.48. The Hall–Kier alpha value is -3.01. The summed E-state index contributed by atoms with van der Waals surface area (Å²) in [5.41, 5.74) is 0. The van der Waals surface area contributed by atoms with Gasteiger partial charge in [0.25, 0.3) is 0 Å². The molecule has 0 unspecified atom stereocenters. The van der Waals surface area contributed by atoms with Crippen molar-refractivity contribution in [2.45, 2.75) is 77.5 Å². The largest absolute Gasteiger partial charge is 0.458 e. The summed E-state index contributed by atoms with van der Waals surface area (Å²) in [5.74, 6) is 1.27. The summed E-state index contributed by atoms with van der Waals surface area (Å²) in [4.78, 5) is 30.6. The number of thiophene rings is 1. The number of nitrogens with one attached hydrogen (secondary N) is 1. The lowest BCUT2D eigenvalue weighted by Crippen LogP contribution is -2.51. The van der Waals surface area contributed by atoms with Crippen LogP contribution in [0.3, 0.4) is 0 Å². The number of tetrazole rings is 1. The quantitative estimate of drug-likeness (QED) is 0.486. The normalized spacial score (nSPS) is 15.0. The number of aromatic nitrogens is 4. The number of furan rings is 1. The molecule has 0 saturated heterocycles. The molecule has 1 aliphatic rings. The molecule has 0 radical (unpaired) electrons. The van der Waals surface area contributed by atoms with Crippen LogP contribution >= 0.6 is 11.3 Å². The first kappa shape index (κ1) is 23.2. The summed E-state index contributed by atoms with van der Waals surface area (Å²) < 4.78 is 5.55. The molecule has 10 heteroatoms. The maximum absolute atomic E-state index is 13.4. The van der Waals surface area contributed by atoms with Crippen LogP contribution in [0.25, 0.3) is 11.6 Å². The third kappa shape index (κ3) is 5.87. The van der Waals surface area contributed by atoms with Crippen LogP contribution in [0.15, 0.2) is 34.1 Å². The summed E-state index contributed by atoms with van der Waals surface area (Å²) in [6, 6.07) is 7.18. The number of hydrogen-bond acceptors (Lipinski definition) is 7. The van der Waals surface area contributed by atoms with E-state index in [0.717, 1.165) is 42.7 Å². The third-order valence-corrected chi connectivity index (χ3v) is 6.72. The number of aryl methyl sites for hydroxylation is 1. The average molecular weight is 471 g/mol. The zero-order chi connectivity index (χ0) is 23.2. The van der Waals surface area contributed by atoms with Gasteiger partial charge in [-0.25, -0.2) is 0 Å². The van der Waals surface area contributed by atoms with Crippen molar-refractivity contribution in [2.75, 3.05) is 0 Å². The first-order valence-electron chi connectivity index (χ1n) is 11.5. The van der Waals surface area contributed by atoms with Gasteiger partial charge in [0.1, 0.15) is 18.3 Å². The first-order chi connectivity index (χ1) is 16.0. The lowest BCUT2D eigenvalue weighted by Gasteiger charge is -2.31. The molecule has 1 aliphatic carbocycles. The fourth-order valence-electron chi connectivity index (χ4n) is 4.19. The lowest BCUT2D eigenvalue weighted by molar-refractivity contribution is -0.142. The van der Waals surface area contributed by atoms with E-state index in [2.05, 4.69) is 20.7 Å². The van der Waals surface area contributed by atoms with Gasteiger partial charge in [0, 0.05) is 10.9 Å². The molecule has 0 aliphatic heterocycles. The van der Waals surface area contributed by atoms with E-state index in [-0.39, 0.29) is 24.4 Å². The first-order valence-corrected chi connectivity index (χ1v) is 12.4. The fourth-order valence-corrected chi connectivity index (χ4v) is 4.89. The SMILES string of the molecule is CCC[C@H](C(=O)NC1CCCC1)N(Cc1cccs1)C(=O)Cn1nnc(-c2ccc(C)o2)n1. The van der Waals surface area contributed by atoms with E-state index in [1.165, 1.54) is 4.80 Å². The molecular formula is C23H30N6O3S. The van der Waals surface area contributed by atoms with Crippen molar-refractivity contribution < 1.29 is 14.0 Å². The van der Waals surface area contributed by atoms with Gasteiger partial charge in [0.2, 0.25) is 17.6 Å². The molecule has 1 saturated carbocycles. The van der Waals surface area contributed by atoms with Gasteiger partial charge in [0.15, 0.2) is 5.76 Å². The lowest BCUT2D eigenvalue weighted by atomic mass is 10.1. The summed E-state index contributed by atoms with van der Waals surface area (Å²) in [6.07, 6.45) is 5.66. The molecule has 33 heavy (non-hydrogen) atoms. The molecule has 1 atom stereocenters. The number of amides is 2. The molecule has 3 aromatic rings. The standard InChI is InChI=1S/C23H30N6O3S/c1-3-7-19(23(31)24-17-8-4-5-9-17)28(14-18-10-6-13-33-18)21(30)15-29-26-22(25-27-29)20-12-11-16(2)32-20/h6,10-13,17,19H,3-5,7-9,14-15H2,1-2H3,(H,24,31)/t19-/m1/s1. The Morgan fingerprint density at radius 3 is 2.79 bits per heavy atom. The van der Waals surface area contributed by atoms with Crippen molar-refractivity contribution in [3.8, 4) is 11.6 Å². The molecule has 4 rings (SSSR count). The van der Waals surface area contributed by atoms with Crippen LogP contribution in [0.5, 0.6) is 0 Å². The molecule has 1 fully saturated rings. The Bertz CT molecular complexity index is 1050. The van der Waals surface area contributed by atoms with Crippen molar-refractivity contribution >= 4 is 23.2 Å². The second kappa shape index (κ2) is 10.7. The van der Waals surface area contributed by atoms with E-state index in [1.807, 2.05) is 37.4 Å². The van der Waals surface area contributed by atoms with E-state index in [9.17, 15) is 9.59 Å². The van der Waals surface area contributed by atoms with Gasteiger partial charge in [0.05, 0.1) is 6.54 Å². The van der Waals surface area contributed by atoms with Gasteiger partial charge < -0.3 is 14.6 Å². The van der Waals surface area contributed by atoms with E-state index < -0.39 is 6.04 Å². The fraction of sp³-hybridized carbons (Fsp3) is 0.522. The van der Waals surface area contributed by atoms with Crippen molar-refractivity contribution in [3.63, 3.8) is 0 Å². The highest BCUT2D eigenvalue weighted by Crippen LogP contribution is 2.21. The van der Waals surface area contributed by atoms with Crippen LogP contribution in [-0.2, 0) is 22.7 Å². The van der Waals surface area contributed by atoms with Crippen LogP contribution in [0.2, 0.25) is 0 Å². The van der Waals surface area contributed by atoms with Gasteiger partial charge in [-0.2, -0.15) is 4.80 Å². The molecule has 176 valence electrons.